The van der Waals surface area contributed by atoms with Crippen LogP contribution in [0.4, 0.5) is 0 Å². The van der Waals surface area contributed by atoms with Gasteiger partial charge in [0.1, 0.15) is 0 Å². The first-order chi connectivity index (χ1) is 8.28. The maximum atomic E-state index is 5.69. The van der Waals surface area contributed by atoms with E-state index in [4.69, 9.17) is 4.74 Å². The molecule has 18 heavy (non-hydrogen) atoms. The Morgan fingerprint density at radius 2 is 2.22 bits per heavy atom. The van der Waals surface area contributed by atoms with Gasteiger partial charge in [-0.15, -0.1) is 24.0 Å². The van der Waals surface area contributed by atoms with Gasteiger partial charge < -0.3 is 20.3 Å². The van der Waals surface area contributed by atoms with E-state index in [9.17, 15) is 0 Å². The van der Waals surface area contributed by atoms with E-state index in [2.05, 4.69) is 34.5 Å². The summed E-state index contributed by atoms with van der Waals surface area (Å²) >= 11 is 0. The summed E-state index contributed by atoms with van der Waals surface area (Å²) in [6.07, 6.45) is 2.78. The highest BCUT2D eigenvalue weighted by Gasteiger charge is 2.22. The van der Waals surface area contributed by atoms with Crippen molar-refractivity contribution in [2.75, 3.05) is 39.8 Å². The van der Waals surface area contributed by atoms with Crippen LogP contribution in [0.5, 0.6) is 0 Å². The minimum atomic E-state index is 0. The van der Waals surface area contributed by atoms with E-state index in [1.54, 1.807) is 0 Å². The fourth-order valence-electron chi connectivity index (χ4n) is 1.91. The summed E-state index contributed by atoms with van der Waals surface area (Å²) in [4.78, 5) is 6.89. The molecule has 0 aromatic rings. The first-order valence-corrected chi connectivity index (χ1v) is 6.63. The molecular formula is C12H25IN4O. The molecule has 1 heterocycles. The Labute approximate surface area is 127 Å². The number of guanidine groups is 1. The number of hydrogen-bond donors (Lipinski definition) is 2. The Bertz CT molecular complexity index is 271. The van der Waals surface area contributed by atoms with Crippen molar-refractivity contribution in [3.63, 3.8) is 0 Å². The standard InChI is InChI=1S/C12H24N4O.HI/c1-3-13-12(15-10-4-5-10)14-8-11-9-16(2)6-7-17-11;/h10-11H,3-9H2,1-2H3,(H2,13,14,15);1H. The zero-order chi connectivity index (χ0) is 12.1. The lowest BCUT2D eigenvalue weighted by atomic mass is 10.3. The highest BCUT2D eigenvalue weighted by atomic mass is 127. The molecule has 1 aliphatic heterocycles. The molecule has 0 aromatic heterocycles. The molecule has 1 unspecified atom stereocenters. The van der Waals surface area contributed by atoms with Gasteiger partial charge in [-0.2, -0.15) is 0 Å². The molecule has 2 aliphatic rings. The maximum absolute atomic E-state index is 5.69. The maximum Gasteiger partial charge on any atom is 0.191 e. The van der Waals surface area contributed by atoms with Crippen molar-refractivity contribution < 1.29 is 4.74 Å². The van der Waals surface area contributed by atoms with Gasteiger partial charge in [-0.25, -0.2) is 0 Å². The molecule has 0 radical (unpaired) electrons. The molecule has 106 valence electrons. The van der Waals surface area contributed by atoms with Crippen molar-refractivity contribution in [3.8, 4) is 0 Å². The number of aliphatic imine (C=N–C) groups is 1. The van der Waals surface area contributed by atoms with E-state index < -0.39 is 0 Å². The lowest BCUT2D eigenvalue weighted by Gasteiger charge is -2.29. The summed E-state index contributed by atoms with van der Waals surface area (Å²) in [7, 11) is 2.13. The van der Waals surface area contributed by atoms with Gasteiger partial charge in [-0.05, 0) is 26.8 Å². The van der Waals surface area contributed by atoms with Crippen molar-refractivity contribution in [1.82, 2.24) is 15.5 Å². The van der Waals surface area contributed by atoms with Crippen LogP contribution in [0, 0.1) is 0 Å². The van der Waals surface area contributed by atoms with Crippen LogP contribution in [0.25, 0.3) is 0 Å². The Kier molecular flexibility index (Phi) is 7.25. The summed E-state index contributed by atoms with van der Waals surface area (Å²) < 4.78 is 5.69. The zero-order valence-corrected chi connectivity index (χ0v) is 13.6. The van der Waals surface area contributed by atoms with E-state index in [-0.39, 0.29) is 30.1 Å². The van der Waals surface area contributed by atoms with Gasteiger partial charge in [-0.1, -0.05) is 0 Å². The highest BCUT2D eigenvalue weighted by molar-refractivity contribution is 14.0. The molecule has 1 saturated carbocycles. The monoisotopic (exact) mass is 368 g/mol. The van der Waals surface area contributed by atoms with Crippen molar-refractivity contribution in [1.29, 1.82) is 0 Å². The molecule has 0 aromatic carbocycles. The quantitative estimate of drug-likeness (QED) is 0.435. The van der Waals surface area contributed by atoms with Crippen LogP contribution in [0.1, 0.15) is 19.8 Å². The fraction of sp³-hybridized carbons (Fsp3) is 0.917. The number of likely N-dealkylation sites (N-methyl/N-ethyl adjacent to an activating group) is 1. The third-order valence-corrected chi connectivity index (χ3v) is 3.06. The van der Waals surface area contributed by atoms with Crippen LogP contribution in [-0.2, 0) is 4.74 Å². The molecule has 2 rings (SSSR count). The van der Waals surface area contributed by atoms with Crippen LogP contribution in [-0.4, -0.2) is 62.8 Å². The predicted octanol–water partition coefficient (Wildman–Crippen LogP) is 0.653. The first kappa shape index (κ1) is 16.0. The molecular weight excluding hydrogens is 343 g/mol. The van der Waals surface area contributed by atoms with Gasteiger partial charge in [0.15, 0.2) is 5.96 Å². The summed E-state index contributed by atoms with van der Waals surface area (Å²) in [6.45, 7) is 6.57. The lowest BCUT2D eigenvalue weighted by molar-refractivity contribution is -0.0136. The highest BCUT2D eigenvalue weighted by Crippen LogP contribution is 2.18. The number of nitrogens with one attached hydrogen (secondary N) is 2. The van der Waals surface area contributed by atoms with Gasteiger partial charge in [0.25, 0.3) is 0 Å². The second-order valence-corrected chi connectivity index (χ2v) is 4.89. The van der Waals surface area contributed by atoms with E-state index in [1.165, 1.54) is 12.8 Å². The second kappa shape index (κ2) is 8.16. The largest absolute Gasteiger partial charge is 0.374 e. The van der Waals surface area contributed by atoms with Gasteiger partial charge in [0, 0.05) is 25.7 Å². The molecule has 0 amide bonds. The van der Waals surface area contributed by atoms with Crippen LogP contribution >= 0.6 is 24.0 Å². The number of hydrogen-bond acceptors (Lipinski definition) is 3. The molecule has 2 N–H and O–H groups in total. The topological polar surface area (TPSA) is 48.9 Å². The smallest absolute Gasteiger partial charge is 0.191 e. The van der Waals surface area contributed by atoms with Crippen molar-refractivity contribution >= 4 is 29.9 Å². The fourth-order valence-corrected chi connectivity index (χ4v) is 1.91. The third-order valence-electron chi connectivity index (χ3n) is 3.06. The van der Waals surface area contributed by atoms with E-state index in [0.717, 1.165) is 38.7 Å². The summed E-state index contributed by atoms with van der Waals surface area (Å²) in [6, 6.07) is 0.641. The molecule has 5 nitrogen and oxygen atoms in total. The summed E-state index contributed by atoms with van der Waals surface area (Å²) in [5.74, 6) is 0.937. The molecule has 1 saturated heterocycles. The van der Waals surface area contributed by atoms with Gasteiger partial charge in [0.2, 0.25) is 0 Å². The van der Waals surface area contributed by atoms with Crippen LogP contribution in [0.15, 0.2) is 4.99 Å². The average Bonchev–Trinajstić information content (AvgIpc) is 3.10. The number of rotatable bonds is 4. The number of morpholine rings is 1. The predicted molar refractivity (Wildman–Crippen MR) is 84.8 cm³/mol. The van der Waals surface area contributed by atoms with Crippen molar-refractivity contribution in [2.24, 2.45) is 4.99 Å². The van der Waals surface area contributed by atoms with Crippen molar-refractivity contribution in [2.45, 2.75) is 31.9 Å². The second-order valence-electron chi connectivity index (χ2n) is 4.89. The molecule has 6 heteroatoms. The van der Waals surface area contributed by atoms with Gasteiger partial charge in [0.05, 0.1) is 19.3 Å². The van der Waals surface area contributed by atoms with Crippen LogP contribution in [0.3, 0.4) is 0 Å². The molecule has 1 atom stereocenters. The minimum absolute atomic E-state index is 0. The van der Waals surface area contributed by atoms with Crippen molar-refractivity contribution in [3.05, 3.63) is 0 Å². The van der Waals surface area contributed by atoms with E-state index >= 15 is 0 Å². The number of nitrogens with zero attached hydrogens (tertiary/aromatic N) is 2. The Morgan fingerprint density at radius 3 is 2.83 bits per heavy atom. The molecule has 0 spiro atoms. The lowest BCUT2D eigenvalue weighted by Crippen LogP contribution is -2.43. The Hall–Kier alpha value is -0.0800. The molecule has 0 bridgehead atoms. The first-order valence-electron chi connectivity index (χ1n) is 6.63. The SMILES string of the molecule is CCNC(=NCC1CN(C)CCO1)NC1CC1.I. The van der Waals surface area contributed by atoms with Gasteiger partial charge >= 0.3 is 0 Å². The average molecular weight is 368 g/mol. The molecule has 1 aliphatic carbocycles. The Morgan fingerprint density at radius 1 is 1.44 bits per heavy atom. The number of ether oxygens (including phenoxy) is 1. The summed E-state index contributed by atoms with van der Waals surface area (Å²) in [5.41, 5.74) is 0. The zero-order valence-electron chi connectivity index (χ0n) is 11.3. The minimum Gasteiger partial charge on any atom is -0.374 e. The van der Waals surface area contributed by atoms with Crippen LogP contribution in [0.2, 0.25) is 0 Å². The van der Waals surface area contributed by atoms with Gasteiger partial charge in [-0.3, -0.25) is 4.99 Å². The van der Waals surface area contributed by atoms with E-state index in [1.807, 2.05) is 0 Å². The molecule has 2 fully saturated rings. The van der Waals surface area contributed by atoms with Crippen LogP contribution < -0.4 is 10.6 Å². The third kappa shape index (κ3) is 5.71. The Balaban J connectivity index is 0.00000162. The normalized spacial score (nSPS) is 25.4. The summed E-state index contributed by atoms with van der Waals surface area (Å²) in [5, 5.41) is 6.69. The number of halogens is 1. The van der Waals surface area contributed by atoms with E-state index in [0.29, 0.717) is 6.04 Å².